The van der Waals surface area contributed by atoms with Gasteiger partial charge in [0.1, 0.15) is 11.5 Å². The molecule has 1 N–H and O–H groups in total. The van der Waals surface area contributed by atoms with Crippen LogP contribution in [0, 0.1) is 5.82 Å². The molecule has 0 bridgehead atoms. The first kappa shape index (κ1) is 20.7. The number of ether oxygens (including phenoxy) is 1. The highest BCUT2D eigenvalue weighted by Gasteiger charge is 2.58. The van der Waals surface area contributed by atoms with Gasteiger partial charge in [-0.25, -0.2) is 9.18 Å². The van der Waals surface area contributed by atoms with Gasteiger partial charge in [-0.3, -0.25) is 19.3 Å². The van der Waals surface area contributed by atoms with E-state index in [1.165, 1.54) is 43.5 Å². The fraction of sp³-hybridized carbons (Fsp3) is 0.263. The Morgan fingerprint density at radius 1 is 1.28 bits per heavy atom. The Balaban J connectivity index is 2.15. The number of carbonyl (C=O) groups is 4. The molecule has 2 amide bonds. The maximum atomic E-state index is 14.3. The van der Waals surface area contributed by atoms with E-state index in [0.29, 0.717) is 9.37 Å². The normalized spacial score (nSPS) is 18.5. The van der Waals surface area contributed by atoms with Crippen LogP contribution in [0.3, 0.4) is 0 Å². The van der Waals surface area contributed by atoms with Gasteiger partial charge in [0.15, 0.2) is 0 Å². The number of carboxylic acid groups (broad SMARTS) is 1. The lowest BCUT2D eigenvalue weighted by atomic mass is 9.89. The quantitative estimate of drug-likeness (QED) is 0.397. The molecule has 3 rings (SSSR count). The molecule has 29 heavy (non-hydrogen) atoms. The molecule has 1 aromatic heterocycles. The van der Waals surface area contributed by atoms with Gasteiger partial charge < -0.3 is 14.4 Å². The van der Waals surface area contributed by atoms with Gasteiger partial charge in [-0.15, -0.1) is 0 Å². The third-order valence-electron chi connectivity index (χ3n) is 4.59. The smallest absolute Gasteiger partial charge is 0.342 e. The average Bonchev–Trinajstić information content (AvgIpc) is 3.14. The predicted octanol–water partition coefficient (Wildman–Crippen LogP) is 2.31. The van der Waals surface area contributed by atoms with Crippen LogP contribution < -0.4 is 0 Å². The number of hydrogen-bond acceptors (Lipinski definition) is 5. The Hall–Kier alpha value is -3.01. The number of aromatic nitrogens is 1. The highest BCUT2D eigenvalue weighted by atomic mass is 79.9. The second kappa shape index (κ2) is 7.78. The molecule has 2 heterocycles. The van der Waals surface area contributed by atoms with Crippen molar-refractivity contribution in [2.75, 3.05) is 6.61 Å². The fourth-order valence-corrected chi connectivity index (χ4v) is 3.63. The van der Waals surface area contributed by atoms with Crippen molar-refractivity contribution in [3.8, 4) is 0 Å². The largest absolute Gasteiger partial charge is 0.481 e. The van der Waals surface area contributed by atoms with Gasteiger partial charge in [0, 0.05) is 16.2 Å². The Labute approximate surface area is 173 Å². The zero-order chi connectivity index (χ0) is 21.3. The summed E-state index contributed by atoms with van der Waals surface area (Å²) in [5.74, 6) is -5.06. The van der Waals surface area contributed by atoms with Crippen molar-refractivity contribution in [1.29, 1.82) is 0 Å². The fourth-order valence-electron chi connectivity index (χ4n) is 3.30. The summed E-state index contributed by atoms with van der Waals surface area (Å²) in [6, 6.07) is 6.87. The number of benzene rings is 1. The van der Waals surface area contributed by atoms with Crippen LogP contribution in [0.1, 0.15) is 29.4 Å². The van der Waals surface area contributed by atoms with Crippen LogP contribution >= 0.6 is 15.9 Å². The third-order valence-corrected chi connectivity index (χ3v) is 5.08. The number of halogens is 2. The number of hydrogen-bond donors (Lipinski definition) is 1. The summed E-state index contributed by atoms with van der Waals surface area (Å²) in [6.45, 7) is 0.943. The Bertz CT molecular complexity index is 1020. The predicted molar refractivity (Wildman–Crippen MR) is 100 cm³/mol. The van der Waals surface area contributed by atoms with Crippen LogP contribution in [0.15, 0.2) is 41.0 Å². The first-order valence-corrected chi connectivity index (χ1v) is 9.38. The number of amides is 2. The van der Waals surface area contributed by atoms with Gasteiger partial charge in [0.25, 0.3) is 11.8 Å². The van der Waals surface area contributed by atoms with Crippen LogP contribution in [-0.2, 0) is 31.2 Å². The number of carbonyl (C=O) groups excluding carboxylic acids is 3. The summed E-state index contributed by atoms with van der Waals surface area (Å²) < 4.78 is 20.8. The number of nitrogens with zero attached hydrogens (tertiary/aromatic N) is 2. The Morgan fingerprint density at radius 2 is 2.00 bits per heavy atom. The van der Waals surface area contributed by atoms with Gasteiger partial charge in [-0.2, -0.15) is 0 Å². The van der Waals surface area contributed by atoms with Gasteiger partial charge in [-0.1, -0.05) is 22.0 Å². The van der Waals surface area contributed by atoms with Gasteiger partial charge in [0.05, 0.1) is 19.6 Å². The number of esters is 1. The number of rotatable bonds is 6. The molecule has 152 valence electrons. The molecule has 1 aliphatic rings. The maximum Gasteiger partial charge on any atom is 0.342 e. The monoisotopic (exact) mass is 466 g/mol. The molecular weight excluding hydrogens is 451 g/mol. The van der Waals surface area contributed by atoms with Gasteiger partial charge >= 0.3 is 11.9 Å². The molecule has 1 unspecified atom stereocenters. The molecule has 1 aromatic carbocycles. The van der Waals surface area contributed by atoms with E-state index in [-0.39, 0.29) is 17.9 Å². The van der Waals surface area contributed by atoms with Crippen molar-refractivity contribution < 1.29 is 33.4 Å². The van der Waals surface area contributed by atoms with Crippen LogP contribution in [0.4, 0.5) is 4.39 Å². The number of imide groups is 1. The first-order chi connectivity index (χ1) is 13.7. The molecule has 10 heteroatoms. The van der Waals surface area contributed by atoms with Gasteiger partial charge in [0.2, 0.25) is 5.54 Å². The highest BCUT2D eigenvalue weighted by Crippen LogP contribution is 2.34. The number of fused-ring (bicyclic) bond motifs is 1. The lowest BCUT2D eigenvalue weighted by Crippen LogP contribution is -2.62. The van der Waals surface area contributed by atoms with E-state index in [1.807, 2.05) is 0 Å². The lowest BCUT2D eigenvalue weighted by Gasteiger charge is -2.39. The molecule has 2 aromatic rings. The molecule has 0 radical (unpaired) electrons. The SMILES string of the molecule is CCOC(=O)C1(CC(=O)O)C(=O)N(Cc2ccc(Br)cc2F)C(=O)c2cccn21. The zero-order valence-corrected chi connectivity index (χ0v) is 16.8. The minimum Gasteiger partial charge on any atom is -0.481 e. The molecule has 0 aliphatic carbocycles. The summed E-state index contributed by atoms with van der Waals surface area (Å²) in [7, 11) is 0. The molecule has 0 saturated heterocycles. The Morgan fingerprint density at radius 3 is 2.62 bits per heavy atom. The molecular formula is C19H16BrFN2O6. The second-order valence-corrected chi connectivity index (χ2v) is 7.26. The average molecular weight is 467 g/mol. The number of aliphatic carboxylic acids is 1. The van der Waals surface area contributed by atoms with Crippen molar-refractivity contribution in [3.63, 3.8) is 0 Å². The molecule has 0 fully saturated rings. The zero-order valence-electron chi connectivity index (χ0n) is 15.2. The van der Waals surface area contributed by atoms with E-state index in [0.717, 1.165) is 4.57 Å². The Kier molecular flexibility index (Phi) is 5.56. The van der Waals surface area contributed by atoms with Crippen LogP contribution in [0.5, 0.6) is 0 Å². The summed E-state index contributed by atoms with van der Waals surface area (Å²) in [5, 5.41) is 9.40. The van der Waals surface area contributed by atoms with Crippen molar-refractivity contribution >= 4 is 39.7 Å². The minimum absolute atomic E-state index is 0.0305. The minimum atomic E-state index is -2.31. The first-order valence-electron chi connectivity index (χ1n) is 8.59. The second-order valence-electron chi connectivity index (χ2n) is 6.35. The maximum absolute atomic E-state index is 14.3. The van der Waals surface area contributed by atoms with Crippen molar-refractivity contribution in [1.82, 2.24) is 9.47 Å². The van der Waals surface area contributed by atoms with Crippen molar-refractivity contribution in [3.05, 3.63) is 58.1 Å². The molecule has 0 spiro atoms. The van der Waals surface area contributed by atoms with Crippen molar-refractivity contribution in [2.45, 2.75) is 25.4 Å². The summed E-state index contributed by atoms with van der Waals surface area (Å²) in [6.07, 6.45) is 0.349. The standard InChI is InChI=1S/C19H16BrFN2O6/c1-2-29-18(28)19(9-15(24)25)17(27)22(16(26)14-4-3-7-23(14)19)10-11-5-6-12(20)8-13(11)21/h3-8H,2,9-10H2,1H3,(H,24,25). The molecule has 1 aliphatic heterocycles. The van der Waals surface area contributed by atoms with E-state index >= 15 is 0 Å². The summed E-state index contributed by atoms with van der Waals surface area (Å²) >= 11 is 3.13. The highest BCUT2D eigenvalue weighted by molar-refractivity contribution is 9.10. The summed E-state index contributed by atoms with van der Waals surface area (Å²) in [5.41, 5.74) is -2.35. The van der Waals surface area contributed by atoms with E-state index in [2.05, 4.69) is 15.9 Å². The van der Waals surface area contributed by atoms with Crippen LogP contribution in [-0.4, -0.2) is 44.9 Å². The van der Waals surface area contributed by atoms with Crippen molar-refractivity contribution in [2.24, 2.45) is 0 Å². The third kappa shape index (κ3) is 3.44. The number of carboxylic acids is 1. The van der Waals surface area contributed by atoms with Crippen LogP contribution in [0.25, 0.3) is 0 Å². The van der Waals surface area contributed by atoms with E-state index in [1.54, 1.807) is 0 Å². The lowest BCUT2D eigenvalue weighted by molar-refractivity contribution is -0.168. The van der Waals surface area contributed by atoms with E-state index < -0.39 is 48.1 Å². The van der Waals surface area contributed by atoms with Crippen LogP contribution in [0.2, 0.25) is 0 Å². The molecule has 0 saturated carbocycles. The summed E-state index contributed by atoms with van der Waals surface area (Å²) in [4.78, 5) is 51.3. The molecule has 8 nitrogen and oxygen atoms in total. The topological polar surface area (TPSA) is 106 Å². The van der Waals surface area contributed by atoms with E-state index in [4.69, 9.17) is 4.74 Å². The van der Waals surface area contributed by atoms with E-state index in [9.17, 15) is 28.7 Å². The molecule has 1 atom stereocenters. The van der Waals surface area contributed by atoms with Gasteiger partial charge in [-0.05, 0) is 31.2 Å².